The van der Waals surface area contributed by atoms with Crippen LogP contribution < -0.4 is 5.32 Å². The van der Waals surface area contributed by atoms with Crippen LogP contribution in [0.5, 0.6) is 0 Å². The molecule has 1 aliphatic heterocycles. The Morgan fingerprint density at radius 3 is 2.20 bits per heavy atom. The van der Waals surface area contributed by atoms with Crippen LogP contribution in [0.2, 0.25) is 0 Å². The van der Waals surface area contributed by atoms with Gasteiger partial charge in [-0.15, -0.1) is 0 Å². The van der Waals surface area contributed by atoms with E-state index in [0.717, 1.165) is 25.8 Å². The van der Waals surface area contributed by atoms with Crippen LogP contribution in [0.1, 0.15) is 42.7 Å². The van der Waals surface area contributed by atoms with Crippen molar-refractivity contribution >= 4 is 5.91 Å². The number of carbonyl (C=O) groups excluding carboxylic acids is 1. The van der Waals surface area contributed by atoms with E-state index in [-0.39, 0.29) is 11.9 Å². The zero-order valence-electron chi connectivity index (χ0n) is 15.0. The summed E-state index contributed by atoms with van der Waals surface area (Å²) in [5, 5.41) is 3.17. The van der Waals surface area contributed by atoms with Crippen LogP contribution in [0.3, 0.4) is 0 Å². The third-order valence-electron chi connectivity index (χ3n) is 5.21. The molecule has 1 atom stereocenters. The van der Waals surface area contributed by atoms with Crippen molar-refractivity contribution in [3.8, 4) is 0 Å². The number of nitrogens with zero attached hydrogens (tertiary/aromatic N) is 1. The first-order valence-corrected chi connectivity index (χ1v) is 9.33. The standard InChI is InChI=1S/C22H28N2O/c1-24-17-9-8-14-21(24)22(25)23-16-15-20(18-10-4-2-5-11-18)19-12-6-3-7-13-19/h2-7,10-13,20-21H,8-9,14-17H2,1H3,(H,23,25). The molecular formula is C22H28N2O. The lowest BCUT2D eigenvalue weighted by Gasteiger charge is -2.31. The molecule has 1 N–H and O–H groups in total. The van der Waals surface area contributed by atoms with Gasteiger partial charge in [0.2, 0.25) is 5.91 Å². The monoisotopic (exact) mass is 336 g/mol. The second-order valence-corrected chi connectivity index (χ2v) is 6.95. The van der Waals surface area contributed by atoms with E-state index >= 15 is 0 Å². The van der Waals surface area contributed by atoms with E-state index in [2.05, 4.69) is 65.8 Å². The third-order valence-corrected chi connectivity index (χ3v) is 5.21. The lowest BCUT2D eigenvalue weighted by atomic mass is 9.88. The summed E-state index contributed by atoms with van der Waals surface area (Å²) in [4.78, 5) is 14.7. The Bertz CT molecular complexity index is 617. The summed E-state index contributed by atoms with van der Waals surface area (Å²) >= 11 is 0. The molecule has 132 valence electrons. The molecule has 0 spiro atoms. The number of carbonyl (C=O) groups is 1. The lowest BCUT2D eigenvalue weighted by molar-refractivity contribution is -0.127. The quantitative estimate of drug-likeness (QED) is 0.870. The van der Waals surface area contributed by atoms with E-state index < -0.39 is 0 Å². The van der Waals surface area contributed by atoms with Gasteiger partial charge in [0.25, 0.3) is 0 Å². The van der Waals surface area contributed by atoms with Gasteiger partial charge < -0.3 is 5.32 Å². The maximum Gasteiger partial charge on any atom is 0.237 e. The first-order valence-electron chi connectivity index (χ1n) is 9.33. The van der Waals surface area contributed by atoms with Crippen molar-refractivity contribution in [2.45, 2.75) is 37.6 Å². The second kappa shape index (κ2) is 8.82. The van der Waals surface area contributed by atoms with Crippen molar-refractivity contribution in [1.82, 2.24) is 10.2 Å². The summed E-state index contributed by atoms with van der Waals surface area (Å²) in [6.07, 6.45) is 4.24. The molecule has 1 amide bonds. The van der Waals surface area contributed by atoms with Gasteiger partial charge in [-0.05, 0) is 44.0 Å². The number of likely N-dealkylation sites (tertiary alicyclic amines) is 1. The fourth-order valence-electron chi connectivity index (χ4n) is 3.76. The number of amides is 1. The highest BCUT2D eigenvalue weighted by Crippen LogP contribution is 2.27. The first-order chi connectivity index (χ1) is 12.3. The maximum atomic E-state index is 12.5. The molecule has 2 aromatic rings. The molecule has 1 fully saturated rings. The van der Waals surface area contributed by atoms with Gasteiger partial charge in [0, 0.05) is 12.5 Å². The van der Waals surface area contributed by atoms with Crippen LogP contribution in [0, 0.1) is 0 Å². The molecule has 3 heteroatoms. The number of likely N-dealkylation sites (N-methyl/N-ethyl adjacent to an activating group) is 1. The van der Waals surface area contributed by atoms with Gasteiger partial charge in [-0.2, -0.15) is 0 Å². The van der Waals surface area contributed by atoms with Crippen LogP contribution in [0.4, 0.5) is 0 Å². The Hall–Kier alpha value is -2.13. The molecule has 1 aliphatic rings. The molecule has 0 saturated carbocycles. The molecule has 0 radical (unpaired) electrons. The Balaban J connectivity index is 1.62. The highest BCUT2D eigenvalue weighted by atomic mass is 16.2. The Labute approximate surface area is 151 Å². The molecule has 2 aromatic carbocycles. The van der Waals surface area contributed by atoms with Crippen molar-refractivity contribution in [2.75, 3.05) is 20.1 Å². The number of hydrogen-bond donors (Lipinski definition) is 1. The molecule has 3 nitrogen and oxygen atoms in total. The minimum absolute atomic E-state index is 0.0423. The Kier molecular flexibility index (Phi) is 6.24. The van der Waals surface area contributed by atoms with E-state index in [4.69, 9.17) is 0 Å². The molecule has 1 saturated heterocycles. The van der Waals surface area contributed by atoms with Crippen LogP contribution >= 0.6 is 0 Å². The van der Waals surface area contributed by atoms with Gasteiger partial charge in [-0.1, -0.05) is 67.1 Å². The summed E-state index contributed by atoms with van der Waals surface area (Å²) in [7, 11) is 2.06. The molecule has 0 aromatic heterocycles. The normalized spacial score (nSPS) is 18.2. The van der Waals surface area contributed by atoms with Gasteiger partial charge >= 0.3 is 0 Å². The highest BCUT2D eigenvalue weighted by molar-refractivity contribution is 5.81. The summed E-state index contributed by atoms with van der Waals surface area (Å²) < 4.78 is 0. The highest BCUT2D eigenvalue weighted by Gasteiger charge is 2.25. The summed E-state index contributed by atoms with van der Waals surface area (Å²) in [6.45, 7) is 1.73. The summed E-state index contributed by atoms with van der Waals surface area (Å²) in [6, 6.07) is 21.2. The van der Waals surface area contributed by atoms with E-state index in [1.54, 1.807) is 0 Å². The molecule has 1 heterocycles. The minimum atomic E-state index is 0.0423. The zero-order chi connectivity index (χ0) is 17.5. The molecule has 3 rings (SSSR count). The van der Waals surface area contributed by atoms with Crippen LogP contribution in [-0.4, -0.2) is 37.0 Å². The number of hydrogen-bond acceptors (Lipinski definition) is 2. The zero-order valence-corrected chi connectivity index (χ0v) is 15.0. The van der Waals surface area contributed by atoms with Crippen LogP contribution in [0.25, 0.3) is 0 Å². The number of benzene rings is 2. The van der Waals surface area contributed by atoms with Crippen LogP contribution in [-0.2, 0) is 4.79 Å². The Morgan fingerprint density at radius 2 is 1.64 bits per heavy atom. The summed E-state index contributed by atoms with van der Waals surface area (Å²) in [5.41, 5.74) is 2.61. The minimum Gasteiger partial charge on any atom is -0.355 e. The number of piperidine rings is 1. The Morgan fingerprint density at radius 1 is 1.04 bits per heavy atom. The fourth-order valence-corrected chi connectivity index (χ4v) is 3.76. The fraction of sp³-hybridized carbons (Fsp3) is 0.409. The van der Waals surface area contributed by atoms with Crippen molar-refractivity contribution in [2.24, 2.45) is 0 Å². The average Bonchev–Trinajstić information content (AvgIpc) is 2.67. The molecule has 25 heavy (non-hydrogen) atoms. The third kappa shape index (κ3) is 4.70. The number of rotatable bonds is 6. The molecule has 0 bridgehead atoms. The van der Waals surface area contributed by atoms with Crippen LogP contribution in [0.15, 0.2) is 60.7 Å². The maximum absolute atomic E-state index is 12.5. The summed E-state index contributed by atoms with van der Waals surface area (Å²) in [5.74, 6) is 0.494. The van der Waals surface area contributed by atoms with Crippen molar-refractivity contribution in [3.63, 3.8) is 0 Å². The SMILES string of the molecule is CN1CCCCC1C(=O)NCCC(c1ccccc1)c1ccccc1. The number of nitrogens with one attached hydrogen (secondary N) is 1. The van der Waals surface area contributed by atoms with E-state index in [1.807, 2.05) is 12.1 Å². The largest absolute Gasteiger partial charge is 0.355 e. The van der Waals surface area contributed by atoms with Crippen molar-refractivity contribution in [1.29, 1.82) is 0 Å². The van der Waals surface area contributed by atoms with E-state index in [0.29, 0.717) is 12.5 Å². The van der Waals surface area contributed by atoms with Gasteiger partial charge in [-0.25, -0.2) is 0 Å². The van der Waals surface area contributed by atoms with Crippen molar-refractivity contribution in [3.05, 3.63) is 71.8 Å². The van der Waals surface area contributed by atoms with Gasteiger partial charge in [0.05, 0.1) is 6.04 Å². The van der Waals surface area contributed by atoms with Gasteiger partial charge in [-0.3, -0.25) is 9.69 Å². The molecule has 0 aliphatic carbocycles. The van der Waals surface area contributed by atoms with E-state index in [9.17, 15) is 4.79 Å². The lowest BCUT2D eigenvalue weighted by Crippen LogP contribution is -2.47. The van der Waals surface area contributed by atoms with Gasteiger partial charge in [0.1, 0.15) is 0 Å². The topological polar surface area (TPSA) is 32.3 Å². The molecule has 1 unspecified atom stereocenters. The predicted molar refractivity (Wildman–Crippen MR) is 103 cm³/mol. The predicted octanol–water partition coefficient (Wildman–Crippen LogP) is 3.81. The van der Waals surface area contributed by atoms with Gasteiger partial charge in [0.15, 0.2) is 0 Å². The smallest absolute Gasteiger partial charge is 0.237 e. The van der Waals surface area contributed by atoms with E-state index in [1.165, 1.54) is 17.5 Å². The molecular weight excluding hydrogens is 308 g/mol. The van der Waals surface area contributed by atoms with Crippen molar-refractivity contribution < 1.29 is 4.79 Å². The first kappa shape index (κ1) is 17.7. The average molecular weight is 336 g/mol. The second-order valence-electron chi connectivity index (χ2n) is 6.95.